The van der Waals surface area contributed by atoms with Crippen molar-refractivity contribution in [2.24, 2.45) is 5.73 Å². The van der Waals surface area contributed by atoms with Gasteiger partial charge in [-0.15, -0.1) is 0 Å². The lowest BCUT2D eigenvalue weighted by Crippen LogP contribution is -2.02. The fraction of sp³-hybridized carbons (Fsp3) is 0.273. The van der Waals surface area contributed by atoms with Gasteiger partial charge in [-0.05, 0) is 33.6 Å². The van der Waals surface area contributed by atoms with Crippen LogP contribution in [-0.4, -0.2) is 13.7 Å². The molecule has 16 heavy (non-hydrogen) atoms. The number of ether oxygens (including phenoxy) is 2. The van der Waals surface area contributed by atoms with Crippen molar-refractivity contribution >= 4 is 31.9 Å². The van der Waals surface area contributed by atoms with E-state index in [1.54, 1.807) is 7.11 Å². The summed E-state index contributed by atoms with van der Waals surface area (Å²) in [6.07, 6.45) is 0. The molecule has 3 nitrogen and oxygen atoms in total. The smallest absolute Gasteiger partial charge is 0.175 e. The molecule has 0 unspecified atom stereocenters. The minimum absolute atomic E-state index is 0.386. The quantitative estimate of drug-likeness (QED) is 0.886. The van der Waals surface area contributed by atoms with Crippen LogP contribution in [0.15, 0.2) is 27.7 Å². The predicted molar refractivity (Wildman–Crippen MR) is 72.1 cm³/mol. The molecule has 0 radical (unpaired) electrons. The molecule has 0 atom stereocenters. The third-order valence-electron chi connectivity index (χ3n) is 1.90. The average molecular weight is 351 g/mol. The monoisotopic (exact) mass is 349 g/mol. The summed E-state index contributed by atoms with van der Waals surface area (Å²) in [5.74, 6) is 1.31. The molecule has 0 aromatic heterocycles. The van der Waals surface area contributed by atoms with E-state index in [1.165, 1.54) is 0 Å². The van der Waals surface area contributed by atoms with Gasteiger partial charge in [-0.2, -0.15) is 0 Å². The normalized spacial score (nSPS) is 10.0. The lowest BCUT2D eigenvalue weighted by molar-refractivity contribution is 0.322. The first-order valence-electron chi connectivity index (χ1n) is 4.61. The van der Waals surface area contributed by atoms with Gasteiger partial charge in [0.2, 0.25) is 0 Å². The van der Waals surface area contributed by atoms with Crippen LogP contribution in [0, 0.1) is 0 Å². The van der Waals surface area contributed by atoms with E-state index in [2.05, 4.69) is 38.4 Å². The topological polar surface area (TPSA) is 44.5 Å². The highest BCUT2D eigenvalue weighted by Gasteiger charge is 2.11. The number of nitrogens with two attached hydrogens (primary N) is 1. The predicted octanol–water partition coefficient (Wildman–Crippen LogP) is 3.20. The molecule has 0 saturated carbocycles. The van der Waals surface area contributed by atoms with E-state index in [9.17, 15) is 0 Å². The van der Waals surface area contributed by atoms with E-state index < -0.39 is 0 Å². The average Bonchev–Trinajstić information content (AvgIpc) is 2.26. The molecule has 0 spiro atoms. The van der Waals surface area contributed by atoms with Crippen molar-refractivity contribution in [2.75, 3.05) is 13.7 Å². The molecule has 0 amide bonds. The maximum Gasteiger partial charge on any atom is 0.175 e. The van der Waals surface area contributed by atoms with Crippen LogP contribution in [-0.2, 0) is 6.54 Å². The minimum Gasteiger partial charge on any atom is -0.493 e. The summed E-state index contributed by atoms with van der Waals surface area (Å²) in [4.78, 5) is 0. The summed E-state index contributed by atoms with van der Waals surface area (Å²) in [7, 11) is 1.60. The highest BCUT2D eigenvalue weighted by molar-refractivity contribution is 9.11. The number of hydrogen-bond acceptors (Lipinski definition) is 3. The number of rotatable bonds is 5. The van der Waals surface area contributed by atoms with Crippen molar-refractivity contribution in [2.45, 2.75) is 6.54 Å². The lowest BCUT2D eigenvalue weighted by Gasteiger charge is -2.13. The second-order valence-corrected chi connectivity index (χ2v) is 5.09. The highest BCUT2D eigenvalue weighted by atomic mass is 79.9. The van der Waals surface area contributed by atoms with Crippen LogP contribution in [0.3, 0.4) is 0 Å². The van der Waals surface area contributed by atoms with Gasteiger partial charge in [-0.3, -0.25) is 0 Å². The van der Waals surface area contributed by atoms with Crippen LogP contribution in [0.25, 0.3) is 0 Å². The van der Waals surface area contributed by atoms with Gasteiger partial charge in [-0.1, -0.05) is 22.5 Å². The Bertz CT molecular complexity index is 394. The largest absolute Gasteiger partial charge is 0.493 e. The molecule has 88 valence electrons. The van der Waals surface area contributed by atoms with Gasteiger partial charge >= 0.3 is 0 Å². The van der Waals surface area contributed by atoms with E-state index in [1.807, 2.05) is 12.1 Å². The Kier molecular flexibility index (Phi) is 5.31. The first-order chi connectivity index (χ1) is 7.58. The molecule has 1 aromatic carbocycles. The molecule has 2 N–H and O–H groups in total. The zero-order chi connectivity index (χ0) is 12.1. The van der Waals surface area contributed by atoms with Crippen LogP contribution in [0.2, 0.25) is 0 Å². The van der Waals surface area contributed by atoms with Crippen LogP contribution in [0.4, 0.5) is 0 Å². The maximum atomic E-state index is 5.58. The van der Waals surface area contributed by atoms with E-state index in [-0.39, 0.29) is 0 Å². The summed E-state index contributed by atoms with van der Waals surface area (Å²) >= 11 is 6.66. The Morgan fingerprint density at radius 1 is 1.50 bits per heavy atom. The van der Waals surface area contributed by atoms with Crippen LogP contribution >= 0.6 is 31.9 Å². The van der Waals surface area contributed by atoms with Crippen molar-refractivity contribution in [1.29, 1.82) is 0 Å². The van der Waals surface area contributed by atoms with Gasteiger partial charge in [0.1, 0.15) is 6.61 Å². The van der Waals surface area contributed by atoms with Gasteiger partial charge in [0, 0.05) is 11.0 Å². The minimum atomic E-state index is 0.386. The molecule has 0 heterocycles. The molecule has 0 aliphatic carbocycles. The van der Waals surface area contributed by atoms with E-state index in [0.717, 1.165) is 14.5 Å². The van der Waals surface area contributed by atoms with Crippen molar-refractivity contribution in [3.05, 3.63) is 33.2 Å². The Hall–Kier alpha value is -0.520. The Morgan fingerprint density at radius 3 is 2.69 bits per heavy atom. The first-order valence-corrected chi connectivity index (χ1v) is 6.19. The summed E-state index contributed by atoms with van der Waals surface area (Å²) in [6, 6.07) is 3.77. The lowest BCUT2D eigenvalue weighted by atomic mass is 10.2. The summed E-state index contributed by atoms with van der Waals surface area (Å²) in [6.45, 7) is 4.55. The third kappa shape index (κ3) is 3.50. The van der Waals surface area contributed by atoms with Gasteiger partial charge in [0.25, 0.3) is 0 Å². The third-order valence-corrected chi connectivity index (χ3v) is 2.72. The summed E-state index contributed by atoms with van der Waals surface area (Å²) in [5.41, 5.74) is 6.56. The molecule has 1 rings (SSSR count). The number of hydrogen-bond donors (Lipinski definition) is 1. The second kappa shape index (κ2) is 6.27. The van der Waals surface area contributed by atoms with Gasteiger partial charge in [0.15, 0.2) is 11.5 Å². The molecule has 5 heteroatoms. The van der Waals surface area contributed by atoms with Crippen molar-refractivity contribution in [3.63, 3.8) is 0 Å². The molecule has 0 fully saturated rings. The molecule has 0 aliphatic rings. The molecular formula is C11H13Br2NO2. The van der Waals surface area contributed by atoms with Crippen molar-refractivity contribution < 1.29 is 9.47 Å². The number of halogens is 2. The molecule has 0 aliphatic heterocycles. The fourth-order valence-corrected chi connectivity index (χ4v) is 1.90. The number of methoxy groups -OCH3 is 1. The van der Waals surface area contributed by atoms with E-state index in [0.29, 0.717) is 24.7 Å². The van der Waals surface area contributed by atoms with Crippen LogP contribution < -0.4 is 15.2 Å². The van der Waals surface area contributed by atoms with Gasteiger partial charge < -0.3 is 15.2 Å². The van der Waals surface area contributed by atoms with Gasteiger partial charge in [0.05, 0.1) is 11.6 Å². The number of benzene rings is 1. The molecule has 0 saturated heterocycles. The standard InChI is InChI=1S/C11H13Br2NO2/c1-7(12)6-16-11-9(13)3-8(5-14)4-10(11)15-2/h3-4H,1,5-6,14H2,2H3. The second-order valence-electron chi connectivity index (χ2n) is 3.12. The van der Waals surface area contributed by atoms with Crippen LogP contribution in [0.1, 0.15) is 5.56 Å². The Balaban J connectivity index is 3.01. The van der Waals surface area contributed by atoms with Crippen molar-refractivity contribution in [3.8, 4) is 11.5 Å². The van der Waals surface area contributed by atoms with E-state index in [4.69, 9.17) is 15.2 Å². The summed E-state index contributed by atoms with van der Waals surface area (Å²) < 4.78 is 12.4. The Morgan fingerprint density at radius 2 is 2.19 bits per heavy atom. The zero-order valence-corrected chi connectivity index (χ0v) is 12.1. The first kappa shape index (κ1) is 13.5. The fourth-order valence-electron chi connectivity index (χ4n) is 1.18. The molecular weight excluding hydrogens is 338 g/mol. The van der Waals surface area contributed by atoms with Crippen molar-refractivity contribution in [1.82, 2.24) is 0 Å². The highest BCUT2D eigenvalue weighted by Crippen LogP contribution is 2.36. The Labute approximate surface area is 112 Å². The maximum absolute atomic E-state index is 5.58. The molecule has 1 aromatic rings. The van der Waals surface area contributed by atoms with E-state index >= 15 is 0 Å². The summed E-state index contributed by atoms with van der Waals surface area (Å²) in [5, 5.41) is 0. The molecule has 0 bridgehead atoms. The SMILES string of the molecule is C=C(Br)COc1c(Br)cc(CN)cc1OC. The zero-order valence-electron chi connectivity index (χ0n) is 8.93. The van der Waals surface area contributed by atoms with Gasteiger partial charge in [-0.25, -0.2) is 0 Å². The van der Waals surface area contributed by atoms with Crippen LogP contribution in [0.5, 0.6) is 11.5 Å².